The molecule has 1 saturated heterocycles. The Kier molecular flexibility index (Phi) is 11.1. The van der Waals surface area contributed by atoms with Crippen LogP contribution in [0, 0.1) is 0 Å². The van der Waals surface area contributed by atoms with Crippen molar-refractivity contribution in [3.8, 4) is 16.9 Å². The van der Waals surface area contributed by atoms with E-state index in [-0.39, 0.29) is 30.2 Å². The van der Waals surface area contributed by atoms with Crippen LogP contribution in [0.5, 0.6) is 5.75 Å². The molecule has 0 saturated carbocycles. The zero-order chi connectivity index (χ0) is 32.6. The van der Waals surface area contributed by atoms with E-state index in [1.807, 2.05) is 54.6 Å². The number of aliphatic carboxylic acids is 1. The Morgan fingerprint density at radius 3 is 2.31 bits per heavy atom. The smallest absolute Gasteiger partial charge is 0.359 e. The number of ether oxygens (including phenoxy) is 1. The average molecular weight is 638 g/mol. The van der Waals surface area contributed by atoms with E-state index in [1.54, 1.807) is 0 Å². The van der Waals surface area contributed by atoms with Gasteiger partial charge < -0.3 is 35.2 Å². The van der Waals surface area contributed by atoms with Gasteiger partial charge in [-0.15, -0.1) is 0 Å². The molecule has 1 heterocycles. The summed E-state index contributed by atoms with van der Waals surface area (Å²) in [5.41, 5.74) is 3.06. The molecule has 2 unspecified atom stereocenters. The summed E-state index contributed by atoms with van der Waals surface area (Å²) in [6.45, 7) is 0.997. The van der Waals surface area contributed by atoms with E-state index in [4.69, 9.17) is 9.84 Å². The summed E-state index contributed by atoms with van der Waals surface area (Å²) in [6, 6.07) is 19.2. The van der Waals surface area contributed by atoms with Gasteiger partial charge in [0.1, 0.15) is 23.1 Å². The monoisotopic (exact) mass is 637 g/mol. The molecule has 0 spiro atoms. The maximum atomic E-state index is 14.2. The van der Waals surface area contributed by atoms with E-state index in [9.17, 15) is 33.5 Å². The molecule has 2 atom stereocenters. The van der Waals surface area contributed by atoms with Crippen LogP contribution in [0.15, 0.2) is 72.8 Å². The van der Waals surface area contributed by atoms with Crippen molar-refractivity contribution in [2.24, 2.45) is 0 Å². The molecule has 0 aliphatic carbocycles. The Morgan fingerprint density at radius 1 is 1.00 bits per heavy atom. The molecule has 45 heavy (non-hydrogen) atoms. The number of benzene rings is 3. The van der Waals surface area contributed by atoms with Gasteiger partial charge in [0.25, 0.3) is 0 Å². The van der Waals surface area contributed by atoms with E-state index in [0.29, 0.717) is 19.4 Å². The summed E-state index contributed by atoms with van der Waals surface area (Å²) in [5, 5.41) is 13.9. The van der Waals surface area contributed by atoms with Crippen molar-refractivity contribution in [1.29, 1.82) is 0 Å². The second-order valence-corrected chi connectivity index (χ2v) is 12.4. The minimum absolute atomic E-state index is 0.0811. The number of carbonyl (C=O) groups is 4. The van der Waals surface area contributed by atoms with E-state index in [2.05, 4.69) is 10.6 Å². The van der Waals surface area contributed by atoms with Gasteiger partial charge >= 0.3 is 13.6 Å². The van der Waals surface area contributed by atoms with Crippen LogP contribution < -0.4 is 20.7 Å². The van der Waals surface area contributed by atoms with Crippen LogP contribution in [0.25, 0.3) is 11.1 Å². The van der Waals surface area contributed by atoms with E-state index in [0.717, 1.165) is 29.2 Å². The number of hydrogen-bond donors (Lipinski definition) is 5. The third-order valence-electron chi connectivity index (χ3n) is 7.38. The Labute approximate surface area is 260 Å². The first-order valence-corrected chi connectivity index (χ1v) is 16.1. The summed E-state index contributed by atoms with van der Waals surface area (Å²) in [4.78, 5) is 71.9. The Bertz CT molecular complexity index is 1570. The lowest BCUT2D eigenvalue weighted by atomic mass is 10.00. The molecule has 238 valence electrons. The lowest BCUT2D eigenvalue weighted by molar-refractivity contribution is -0.143. The molecule has 1 fully saturated rings. The fourth-order valence-corrected chi connectivity index (χ4v) is 6.01. The van der Waals surface area contributed by atoms with Gasteiger partial charge in [-0.05, 0) is 53.6 Å². The number of carboxylic acid groups (broad SMARTS) is 1. The molecule has 0 radical (unpaired) electrons. The number of carbonyl (C=O) groups excluding carboxylic acids is 3. The lowest BCUT2D eigenvalue weighted by Crippen LogP contribution is -2.55. The van der Waals surface area contributed by atoms with Gasteiger partial charge in [0.05, 0.1) is 0 Å². The summed E-state index contributed by atoms with van der Waals surface area (Å²) in [7, 11) is -4.92. The van der Waals surface area contributed by atoms with Gasteiger partial charge in [0, 0.05) is 26.4 Å². The van der Waals surface area contributed by atoms with Gasteiger partial charge in [-0.1, -0.05) is 60.7 Å². The fourth-order valence-electron chi connectivity index (χ4n) is 5.25. The van der Waals surface area contributed by atoms with E-state index >= 15 is 0 Å². The summed E-state index contributed by atoms with van der Waals surface area (Å²) in [5.74, 6) is -2.99. The molecular formula is C32H36N3O9P. The normalized spacial score (nSPS) is 15.7. The molecule has 5 N–H and O–H groups in total. The largest absolute Gasteiger partial charge is 0.481 e. The number of amides is 3. The molecule has 0 bridgehead atoms. The number of nitrogens with one attached hydrogen (secondary N) is 2. The highest BCUT2D eigenvalue weighted by molar-refractivity contribution is 7.60. The van der Waals surface area contributed by atoms with Crippen LogP contribution in [0.3, 0.4) is 0 Å². The average Bonchev–Trinajstić information content (AvgIpc) is 3.22. The highest BCUT2D eigenvalue weighted by Gasteiger charge is 2.35. The number of rotatable bonds is 12. The Hall–Kier alpha value is -4.51. The SMILES string of the molecule is CC(=O)NC(Cc1ccc(OCC(=O)O)c(P(=O)(O)O)c1)C(=O)N(Cc1ccc(-c2ccccc2)cc1)C1CCCCNC1=O. The molecular weight excluding hydrogens is 601 g/mol. The third kappa shape index (κ3) is 9.24. The first kappa shape index (κ1) is 33.4. The predicted molar refractivity (Wildman–Crippen MR) is 166 cm³/mol. The standard InChI is InChI=1S/C32H36N3O9P/c1-21(36)34-26(17-23-12-15-28(44-20-30(37)38)29(18-23)45(41,42)43)32(40)35(27-9-5-6-16-33-31(27)39)19-22-10-13-25(14-11-22)24-7-3-2-4-8-24/h2-4,7-8,10-15,18,26-27H,5-6,9,16-17,19-20H2,1H3,(H,33,39)(H,34,36)(H,37,38)(H2,41,42,43). The fraction of sp³-hybridized carbons (Fsp3) is 0.312. The van der Waals surface area contributed by atoms with Gasteiger partial charge in [-0.25, -0.2) is 4.79 Å². The molecule has 13 heteroatoms. The van der Waals surface area contributed by atoms with Crippen molar-refractivity contribution in [2.75, 3.05) is 13.2 Å². The van der Waals surface area contributed by atoms with Crippen LogP contribution in [0.2, 0.25) is 0 Å². The zero-order valence-corrected chi connectivity index (χ0v) is 25.6. The number of hydrogen-bond acceptors (Lipinski definition) is 6. The van der Waals surface area contributed by atoms with Gasteiger partial charge in [-0.3, -0.25) is 18.9 Å². The molecule has 0 aromatic heterocycles. The van der Waals surface area contributed by atoms with Crippen LogP contribution in [-0.2, 0) is 36.7 Å². The lowest BCUT2D eigenvalue weighted by Gasteiger charge is -2.33. The van der Waals surface area contributed by atoms with Crippen LogP contribution >= 0.6 is 7.60 Å². The van der Waals surface area contributed by atoms with Crippen LogP contribution in [-0.4, -0.2) is 68.7 Å². The molecule has 3 aromatic rings. The van der Waals surface area contributed by atoms with Crippen LogP contribution in [0.4, 0.5) is 0 Å². The Morgan fingerprint density at radius 2 is 1.67 bits per heavy atom. The maximum Gasteiger partial charge on any atom is 0.359 e. The second kappa shape index (κ2) is 15.0. The topological polar surface area (TPSA) is 183 Å². The first-order valence-electron chi connectivity index (χ1n) is 14.5. The van der Waals surface area contributed by atoms with Gasteiger partial charge in [0.15, 0.2) is 6.61 Å². The van der Waals surface area contributed by atoms with Crippen molar-refractivity contribution in [2.45, 2.75) is 51.2 Å². The minimum Gasteiger partial charge on any atom is -0.481 e. The van der Waals surface area contributed by atoms with Crippen molar-refractivity contribution in [3.05, 3.63) is 83.9 Å². The van der Waals surface area contributed by atoms with E-state index < -0.39 is 49.4 Å². The highest BCUT2D eigenvalue weighted by Crippen LogP contribution is 2.38. The van der Waals surface area contributed by atoms with Crippen molar-refractivity contribution in [1.82, 2.24) is 15.5 Å². The predicted octanol–water partition coefficient (Wildman–Crippen LogP) is 2.36. The maximum absolute atomic E-state index is 14.2. The summed E-state index contributed by atoms with van der Waals surface area (Å²) in [6.07, 6.45) is 1.72. The van der Waals surface area contributed by atoms with Crippen molar-refractivity contribution < 1.29 is 43.4 Å². The van der Waals surface area contributed by atoms with E-state index in [1.165, 1.54) is 24.0 Å². The second-order valence-electron chi connectivity index (χ2n) is 10.8. The molecule has 3 aromatic carbocycles. The molecule has 1 aliphatic heterocycles. The highest BCUT2D eigenvalue weighted by atomic mass is 31.2. The Balaban J connectivity index is 1.66. The van der Waals surface area contributed by atoms with Gasteiger partial charge in [-0.2, -0.15) is 0 Å². The summed E-state index contributed by atoms with van der Waals surface area (Å²) < 4.78 is 17.3. The molecule has 3 amide bonds. The molecule has 1 aliphatic rings. The molecule has 4 rings (SSSR count). The van der Waals surface area contributed by atoms with Crippen LogP contribution in [0.1, 0.15) is 37.3 Å². The van der Waals surface area contributed by atoms with Crippen molar-refractivity contribution in [3.63, 3.8) is 0 Å². The molecule has 12 nitrogen and oxygen atoms in total. The first-order chi connectivity index (χ1) is 21.4. The number of nitrogens with zero attached hydrogens (tertiary/aromatic N) is 1. The summed E-state index contributed by atoms with van der Waals surface area (Å²) >= 11 is 0. The minimum atomic E-state index is -4.92. The van der Waals surface area contributed by atoms with Gasteiger partial charge in [0.2, 0.25) is 17.7 Å². The zero-order valence-electron chi connectivity index (χ0n) is 24.7. The quantitative estimate of drug-likeness (QED) is 0.186. The van der Waals surface area contributed by atoms with Crippen molar-refractivity contribution >= 4 is 36.6 Å². The number of carboxylic acids is 1. The third-order valence-corrected chi connectivity index (χ3v) is 8.36.